The Labute approximate surface area is 103 Å². The van der Waals surface area contributed by atoms with Crippen molar-refractivity contribution < 1.29 is 13.3 Å². The molecule has 2 unspecified atom stereocenters. The summed E-state index contributed by atoms with van der Waals surface area (Å²) in [6.07, 6.45) is 0. The molecule has 0 aliphatic rings. The summed E-state index contributed by atoms with van der Waals surface area (Å²) in [5, 5.41) is 3.73. The fraction of sp³-hybridized carbons (Fsp3) is 0.333. The average molecular weight is 253 g/mol. The molecular formula is C12H13F2N3O. The molecule has 1 aromatic carbocycles. The van der Waals surface area contributed by atoms with Crippen LogP contribution in [0, 0.1) is 11.6 Å². The van der Waals surface area contributed by atoms with E-state index in [1.54, 1.807) is 0 Å². The first kappa shape index (κ1) is 12.6. The van der Waals surface area contributed by atoms with Gasteiger partial charge in [-0.05, 0) is 25.1 Å². The zero-order valence-corrected chi connectivity index (χ0v) is 10.0. The minimum atomic E-state index is -0.945. The van der Waals surface area contributed by atoms with Crippen LogP contribution in [0.2, 0.25) is 0 Å². The highest BCUT2D eigenvalue weighted by atomic mass is 19.2. The van der Waals surface area contributed by atoms with E-state index in [1.807, 2.05) is 13.8 Å². The number of aromatic nitrogens is 2. The lowest BCUT2D eigenvalue weighted by molar-refractivity contribution is 0.346. The summed E-state index contributed by atoms with van der Waals surface area (Å²) in [5.41, 5.74) is 6.08. The third kappa shape index (κ3) is 2.38. The van der Waals surface area contributed by atoms with Crippen molar-refractivity contribution in [2.75, 3.05) is 0 Å². The Hall–Kier alpha value is -1.82. The van der Waals surface area contributed by atoms with Crippen molar-refractivity contribution in [1.29, 1.82) is 0 Å². The van der Waals surface area contributed by atoms with Gasteiger partial charge in [0.2, 0.25) is 11.7 Å². The van der Waals surface area contributed by atoms with Crippen LogP contribution >= 0.6 is 0 Å². The zero-order chi connectivity index (χ0) is 13.3. The van der Waals surface area contributed by atoms with Gasteiger partial charge < -0.3 is 10.3 Å². The summed E-state index contributed by atoms with van der Waals surface area (Å²) in [5.74, 6) is -1.36. The number of nitrogens with zero attached hydrogens (tertiary/aromatic N) is 2. The third-order valence-electron chi connectivity index (χ3n) is 2.80. The summed E-state index contributed by atoms with van der Waals surface area (Å²) >= 11 is 0. The Balaban J connectivity index is 2.32. The first-order valence-corrected chi connectivity index (χ1v) is 5.53. The molecule has 6 heteroatoms. The summed E-state index contributed by atoms with van der Waals surface area (Å²) in [4.78, 5) is 4.13. The molecule has 0 bridgehead atoms. The van der Waals surface area contributed by atoms with E-state index >= 15 is 0 Å². The number of hydrogen-bond donors (Lipinski definition) is 1. The fourth-order valence-corrected chi connectivity index (χ4v) is 1.40. The molecule has 0 aliphatic heterocycles. The Morgan fingerprint density at radius 3 is 2.56 bits per heavy atom. The average Bonchev–Trinajstić information content (AvgIpc) is 2.81. The van der Waals surface area contributed by atoms with Crippen LogP contribution in [0.4, 0.5) is 8.78 Å². The largest absolute Gasteiger partial charge is 0.339 e. The quantitative estimate of drug-likeness (QED) is 0.912. The number of benzene rings is 1. The second-order valence-electron chi connectivity index (χ2n) is 4.23. The smallest absolute Gasteiger partial charge is 0.231 e. The number of halogens is 2. The third-order valence-corrected chi connectivity index (χ3v) is 2.80. The maximum atomic E-state index is 13.1. The predicted molar refractivity (Wildman–Crippen MR) is 61.7 cm³/mol. The molecule has 0 amide bonds. The van der Waals surface area contributed by atoms with E-state index < -0.39 is 11.6 Å². The zero-order valence-electron chi connectivity index (χ0n) is 10.0. The fourth-order valence-electron chi connectivity index (χ4n) is 1.40. The van der Waals surface area contributed by atoms with Crippen LogP contribution in [0.15, 0.2) is 22.7 Å². The summed E-state index contributed by atoms with van der Waals surface area (Å²) in [6, 6.07) is 3.31. The van der Waals surface area contributed by atoms with Crippen LogP contribution in [0.3, 0.4) is 0 Å². The van der Waals surface area contributed by atoms with Gasteiger partial charge in [0.15, 0.2) is 11.6 Å². The van der Waals surface area contributed by atoms with Crippen molar-refractivity contribution in [2.24, 2.45) is 5.73 Å². The summed E-state index contributed by atoms with van der Waals surface area (Å²) in [7, 11) is 0. The maximum Gasteiger partial charge on any atom is 0.231 e. The lowest BCUT2D eigenvalue weighted by Crippen LogP contribution is -2.22. The van der Waals surface area contributed by atoms with Crippen molar-refractivity contribution in [3.8, 4) is 11.4 Å². The number of hydrogen-bond acceptors (Lipinski definition) is 4. The van der Waals surface area contributed by atoms with Crippen molar-refractivity contribution in [2.45, 2.75) is 25.8 Å². The van der Waals surface area contributed by atoms with Crippen molar-refractivity contribution in [1.82, 2.24) is 10.1 Å². The van der Waals surface area contributed by atoms with Crippen LogP contribution in [0.5, 0.6) is 0 Å². The molecule has 18 heavy (non-hydrogen) atoms. The second kappa shape index (κ2) is 4.81. The Morgan fingerprint density at radius 1 is 1.22 bits per heavy atom. The van der Waals surface area contributed by atoms with Gasteiger partial charge in [0.05, 0.1) is 5.92 Å². The van der Waals surface area contributed by atoms with E-state index in [1.165, 1.54) is 6.07 Å². The molecule has 4 nitrogen and oxygen atoms in total. The molecular weight excluding hydrogens is 240 g/mol. The van der Waals surface area contributed by atoms with Gasteiger partial charge in [0.25, 0.3) is 0 Å². The molecule has 0 saturated heterocycles. The van der Waals surface area contributed by atoms with Crippen LogP contribution in [-0.4, -0.2) is 16.2 Å². The molecule has 96 valence electrons. The molecule has 1 aromatic heterocycles. The summed E-state index contributed by atoms with van der Waals surface area (Å²) < 4.78 is 30.9. The molecule has 0 aliphatic carbocycles. The minimum Gasteiger partial charge on any atom is -0.339 e. The molecule has 2 aromatic rings. The monoisotopic (exact) mass is 253 g/mol. The van der Waals surface area contributed by atoms with Gasteiger partial charge in [-0.25, -0.2) is 8.78 Å². The van der Waals surface area contributed by atoms with Crippen molar-refractivity contribution in [3.63, 3.8) is 0 Å². The van der Waals surface area contributed by atoms with Gasteiger partial charge >= 0.3 is 0 Å². The van der Waals surface area contributed by atoms with E-state index in [0.717, 1.165) is 12.1 Å². The Kier molecular flexibility index (Phi) is 3.38. The molecule has 2 rings (SSSR count). The van der Waals surface area contributed by atoms with Gasteiger partial charge in [-0.2, -0.15) is 4.98 Å². The van der Waals surface area contributed by atoms with Crippen LogP contribution < -0.4 is 5.73 Å². The van der Waals surface area contributed by atoms with Crippen LogP contribution in [0.1, 0.15) is 25.7 Å². The first-order valence-electron chi connectivity index (χ1n) is 5.53. The molecule has 0 fully saturated rings. The first-order chi connectivity index (χ1) is 8.49. The van der Waals surface area contributed by atoms with Gasteiger partial charge in [-0.15, -0.1) is 0 Å². The number of nitrogens with two attached hydrogens (primary N) is 1. The molecule has 2 atom stereocenters. The normalized spacial score (nSPS) is 14.5. The summed E-state index contributed by atoms with van der Waals surface area (Å²) in [6.45, 7) is 3.68. The van der Waals surface area contributed by atoms with Gasteiger partial charge in [-0.3, -0.25) is 0 Å². The number of rotatable bonds is 3. The molecule has 2 N–H and O–H groups in total. The highest BCUT2D eigenvalue weighted by Gasteiger charge is 2.19. The predicted octanol–water partition coefficient (Wildman–Crippen LogP) is 2.47. The Bertz CT molecular complexity index is 554. The van der Waals surface area contributed by atoms with Crippen molar-refractivity contribution in [3.05, 3.63) is 35.7 Å². The Morgan fingerprint density at radius 2 is 1.94 bits per heavy atom. The molecule has 0 spiro atoms. The van der Waals surface area contributed by atoms with Crippen LogP contribution in [-0.2, 0) is 0 Å². The topological polar surface area (TPSA) is 64.9 Å². The van der Waals surface area contributed by atoms with Gasteiger partial charge in [0.1, 0.15) is 0 Å². The lowest BCUT2D eigenvalue weighted by Gasteiger charge is -2.09. The van der Waals surface area contributed by atoms with Gasteiger partial charge in [-0.1, -0.05) is 12.1 Å². The van der Waals surface area contributed by atoms with Gasteiger partial charge in [0, 0.05) is 11.6 Å². The standard InChI is InChI=1S/C12H13F2N3O/c1-6(7(2)15)12-16-11(17-18-12)8-3-4-9(13)10(14)5-8/h3-7H,15H2,1-2H3. The minimum absolute atomic E-state index is 0.100. The van der Waals surface area contributed by atoms with Crippen molar-refractivity contribution >= 4 is 0 Å². The lowest BCUT2D eigenvalue weighted by atomic mass is 10.1. The molecule has 1 heterocycles. The highest BCUT2D eigenvalue weighted by molar-refractivity contribution is 5.54. The SMILES string of the molecule is CC(N)C(C)c1nc(-c2ccc(F)c(F)c2)no1. The second-order valence-corrected chi connectivity index (χ2v) is 4.23. The maximum absolute atomic E-state index is 13.1. The highest BCUT2D eigenvalue weighted by Crippen LogP contribution is 2.22. The van der Waals surface area contributed by atoms with E-state index in [2.05, 4.69) is 10.1 Å². The van der Waals surface area contributed by atoms with E-state index in [9.17, 15) is 8.78 Å². The molecule has 0 saturated carbocycles. The molecule has 0 radical (unpaired) electrons. The van der Waals surface area contributed by atoms with E-state index in [4.69, 9.17) is 10.3 Å². The van der Waals surface area contributed by atoms with E-state index in [-0.39, 0.29) is 17.8 Å². The van der Waals surface area contributed by atoms with Crippen LogP contribution in [0.25, 0.3) is 11.4 Å². The van der Waals surface area contributed by atoms with E-state index in [0.29, 0.717) is 11.5 Å².